The van der Waals surface area contributed by atoms with Gasteiger partial charge in [-0.15, -0.1) is 0 Å². The van der Waals surface area contributed by atoms with Gasteiger partial charge in [0.15, 0.2) is 17.6 Å². The number of benzene rings is 1. The number of guanidine groups is 2. The van der Waals surface area contributed by atoms with Gasteiger partial charge in [0, 0.05) is 30.4 Å². The lowest BCUT2D eigenvalue weighted by atomic mass is 9.84. The maximum atomic E-state index is 13.4. The quantitative estimate of drug-likeness (QED) is 0.174. The molecule has 200 valence electrons. The van der Waals surface area contributed by atoms with E-state index in [0.717, 1.165) is 23.3 Å². The number of carbonyl (C=O) groups excluding carboxylic acids is 3. The molecule has 2 saturated heterocycles. The van der Waals surface area contributed by atoms with Gasteiger partial charge < -0.3 is 42.0 Å². The Bertz CT molecular complexity index is 1340. The Morgan fingerprint density at radius 3 is 2.63 bits per heavy atom. The highest BCUT2D eigenvalue weighted by Crippen LogP contribution is 2.56. The van der Waals surface area contributed by atoms with E-state index in [1.54, 1.807) is 12.1 Å². The number of para-hydroxylation sites is 1. The molecule has 3 unspecified atom stereocenters. The van der Waals surface area contributed by atoms with E-state index in [0.29, 0.717) is 17.9 Å². The SMILES string of the molecule is NC1=NC2[C@H](CN3C(=O)CCC3=O)N=C(N)N3CC(NC(=O)c4cccc5c4OCC54CC4)C(O)(O)C23N1. The molecule has 7 rings (SSSR count). The van der Waals surface area contributed by atoms with Crippen molar-refractivity contribution in [3.8, 4) is 5.75 Å². The number of aliphatic imine (C=N–C) groups is 2. The number of rotatable bonds is 4. The molecule has 0 aromatic heterocycles. The van der Waals surface area contributed by atoms with Crippen molar-refractivity contribution in [1.29, 1.82) is 0 Å². The van der Waals surface area contributed by atoms with Crippen molar-refractivity contribution in [2.75, 3.05) is 19.7 Å². The smallest absolute Gasteiger partial charge is 0.255 e. The number of amides is 3. The monoisotopic (exact) mass is 524 g/mol. The van der Waals surface area contributed by atoms with Gasteiger partial charge in [0.25, 0.3) is 5.91 Å². The van der Waals surface area contributed by atoms with Gasteiger partial charge in [-0.3, -0.25) is 19.3 Å². The number of nitrogens with zero attached hydrogens (tertiary/aromatic N) is 4. The van der Waals surface area contributed by atoms with Crippen molar-refractivity contribution < 1.29 is 29.3 Å². The average Bonchev–Trinajstić information content (AvgIpc) is 3.18. The van der Waals surface area contributed by atoms with Gasteiger partial charge in [-0.25, -0.2) is 9.98 Å². The lowest BCUT2D eigenvalue weighted by Gasteiger charge is -2.49. The van der Waals surface area contributed by atoms with Crippen molar-refractivity contribution in [2.24, 2.45) is 21.5 Å². The fraction of sp³-hybridized carbons (Fsp3) is 0.542. The average molecular weight is 525 g/mol. The molecule has 38 heavy (non-hydrogen) atoms. The van der Waals surface area contributed by atoms with Gasteiger partial charge in [-0.2, -0.15) is 0 Å². The van der Waals surface area contributed by atoms with E-state index < -0.39 is 35.5 Å². The molecule has 1 aromatic carbocycles. The molecule has 14 heteroatoms. The second-order valence-corrected chi connectivity index (χ2v) is 10.9. The second-order valence-electron chi connectivity index (χ2n) is 10.9. The minimum absolute atomic E-state index is 0.0236. The summed E-state index contributed by atoms with van der Waals surface area (Å²) in [5, 5.41) is 28.9. The molecule has 1 aromatic rings. The molecule has 8 N–H and O–H groups in total. The van der Waals surface area contributed by atoms with Gasteiger partial charge in [-0.05, 0) is 18.9 Å². The summed E-state index contributed by atoms with van der Waals surface area (Å²) in [7, 11) is 0. The van der Waals surface area contributed by atoms with Crippen LogP contribution in [0.2, 0.25) is 0 Å². The fourth-order valence-corrected chi connectivity index (χ4v) is 6.63. The normalized spacial score (nSPS) is 33.3. The zero-order valence-electron chi connectivity index (χ0n) is 20.4. The van der Waals surface area contributed by atoms with Crippen molar-refractivity contribution in [2.45, 2.75) is 60.7 Å². The number of aliphatic hydroxyl groups is 2. The van der Waals surface area contributed by atoms with Crippen LogP contribution in [0.5, 0.6) is 5.75 Å². The fourth-order valence-electron chi connectivity index (χ4n) is 6.63. The Kier molecular flexibility index (Phi) is 4.49. The van der Waals surface area contributed by atoms with Crippen LogP contribution in [0.3, 0.4) is 0 Å². The van der Waals surface area contributed by atoms with E-state index in [4.69, 9.17) is 16.2 Å². The van der Waals surface area contributed by atoms with Gasteiger partial charge >= 0.3 is 0 Å². The molecule has 0 bridgehead atoms. The van der Waals surface area contributed by atoms with Crippen LogP contribution >= 0.6 is 0 Å². The third kappa shape index (κ3) is 2.86. The van der Waals surface area contributed by atoms with Gasteiger partial charge in [0.2, 0.25) is 17.6 Å². The Morgan fingerprint density at radius 2 is 1.92 bits per heavy atom. The first-order valence-corrected chi connectivity index (χ1v) is 12.6. The van der Waals surface area contributed by atoms with Crippen LogP contribution in [0.1, 0.15) is 41.6 Å². The van der Waals surface area contributed by atoms with Crippen molar-refractivity contribution >= 4 is 29.6 Å². The number of carbonyl (C=O) groups is 3. The van der Waals surface area contributed by atoms with Crippen LogP contribution in [0, 0.1) is 0 Å². The zero-order chi connectivity index (χ0) is 26.6. The van der Waals surface area contributed by atoms with E-state index in [1.807, 2.05) is 6.07 Å². The second kappa shape index (κ2) is 7.35. The summed E-state index contributed by atoms with van der Waals surface area (Å²) in [5.74, 6) is -3.48. The van der Waals surface area contributed by atoms with Crippen LogP contribution in [0.4, 0.5) is 0 Å². The minimum atomic E-state index is -2.63. The summed E-state index contributed by atoms with van der Waals surface area (Å²) in [4.78, 5) is 49.3. The molecule has 5 heterocycles. The molecule has 2 spiro atoms. The summed E-state index contributed by atoms with van der Waals surface area (Å²) in [6.07, 6.45) is 2.21. The van der Waals surface area contributed by atoms with Crippen molar-refractivity contribution in [1.82, 2.24) is 20.4 Å². The summed E-state index contributed by atoms with van der Waals surface area (Å²) < 4.78 is 5.89. The molecule has 3 fully saturated rings. The highest BCUT2D eigenvalue weighted by atomic mass is 16.5. The summed E-state index contributed by atoms with van der Waals surface area (Å²) in [6.45, 7) is 0.267. The molecule has 1 saturated carbocycles. The maximum absolute atomic E-state index is 13.4. The number of hydrogen-bond donors (Lipinski definition) is 6. The van der Waals surface area contributed by atoms with E-state index in [9.17, 15) is 24.6 Å². The zero-order valence-corrected chi connectivity index (χ0v) is 20.4. The highest BCUT2D eigenvalue weighted by molar-refractivity contribution is 6.02. The third-order valence-electron chi connectivity index (χ3n) is 8.81. The first kappa shape index (κ1) is 23.2. The van der Waals surface area contributed by atoms with Crippen LogP contribution in [0.25, 0.3) is 0 Å². The van der Waals surface area contributed by atoms with E-state index >= 15 is 0 Å². The van der Waals surface area contributed by atoms with Crippen molar-refractivity contribution in [3.63, 3.8) is 0 Å². The maximum Gasteiger partial charge on any atom is 0.255 e. The Balaban J connectivity index is 1.20. The standard InChI is InChI=1S/C24H28N8O6/c25-20-29-18-13(8-31-15(33)4-5-16(31)34)27-21(26)32-9-14(24(36,37)23(18,32)30-20)28-19(35)11-2-1-3-12-17(11)38-10-22(12)6-7-22/h1-3,13-14,18,36-37H,4-10H2,(H2,26,27)(H,28,35)(H3,25,29,30)/t13-,14?,18?,23?/m0/s1. The third-order valence-corrected chi connectivity index (χ3v) is 8.81. The molecule has 14 nitrogen and oxygen atoms in total. The van der Waals surface area contributed by atoms with E-state index in [-0.39, 0.29) is 55.1 Å². The molecule has 6 aliphatic rings. The predicted octanol–water partition coefficient (Wildman–Crippen LogP) is -2.97. The minimum Gasteiger partial charge on any atom is -0.492 e. The van der Waals surface area contributed by atoms with Crippen LogP contribution in [-0.4, -0.2) is 98.9 Å². The van der Waals surface area contributed by atoms with Crippen LogP contribution in [0.15, 0.2) is 28.2 Å². The number of imide groups is 1. The Hall–Kier alpha value is -3.91. The lowest BCUT2D eigenvalue weighted by molar-refractivity contribution is -0.230. The molecular weight excluding hydrogens is 496 g/mol. The van der Waals surface area contributed by atoms with Crippen molar-refractivity contribution in [3.05, 3.63) is 29.3 Å². The summed E-state index contributed by atoms with van der Waals surface area (Å²) in [5.41, 5.74) is 11.8. The number of hydrogen-bond acceptors (Lipinski definition) is 12. The molecule has 1 aliphatic carbocycles. The Morgan fingerprint density at radius 1 is 1.18 bits per heavy atom. The van der Waals surface area contributed by atoms with E-state index in [1.165, 1.54) is 4.90 Å². The predicted molar refractivity (Wildman–Crippen MR) is 131 cm³/mol. The Labute approximate surface area is 216 Å². The summed E-state index contributed by atoms with van der Waals surface area (Å²) in [6, 6.07) is 2.25. The number of nitrogens with one attached hydrogen (secondary N) is 2. The summed E-state index contributed by atoms with van der Waals surface area (Å²) >= 11 is 0. The number of nitrogens with two attached hydrogens (primary N) is 2. The molecule has 4 atom stereocenters. The van der Waals surface area contributed by atoms with Crippen LogP contribution in [-0.2, 0) is 15.0 Å². The van der Waals surface area contributed by atoms with E-state index in [2.05, 4.69) is 20.6 Å². The number of fused-ring (bicyclic) bond motifs is 2. The molecular formula is C24H28N8O6. The molecule has 5 aliphatic heterocycles. The van der Waals surface area contributed by atoms with Gasteiger partial charge in [0.1, 0.15) is 17.8 Å². The molecule has 0 radical (unpaired) electrons. The molecule has 3 amide bonds. The highest BCUT2D eigenvalue weighted by Gasteiger charge is 2.73. The number of ether oxygens (including phenoxy) is 1. The van der Waals surface area contributed by atoms with Gasteiger partial charge in [-0.1, -0.05) is 12.1 Å². The lowest BCUT2D eigenvalue weighted by Crippen LogP contribution is -2.78. The topological polar surface area (TPSA) is 208 Å². The first-order valence-electron chi connectivity index (χ1n) is 12.6. The first-order chi connectivity index (χ1) is 18.1. The van der Waals surface area contributed by atoms with Crippen LogP contribution < -0.4 is 26.8 Å². The largest absolute Gasteiger partial charge is 0.492 e. The van der Waals surface area contributed by atoms with Gasteiger partial charge in [0.05, 0.1) is 24.8 Å². The number of likely N-dealkylation sites (tertiary alicyclic amines) is 1.